The van der Waals surface area contributed by atoms with Gasteiger partial charge in [0, 0.05) is 19.6 Å². The smallest absolute Gasteiger partial charge is 0.333 e. The average Bonchev–Trinajstić information content (AvgIpc) is 2.88. The van der Waals surface area contributed by atoms with Crippen molar-refractivity contribution in [3.05, 3.63) is 54.1 Å². The van der Waals surface area contributed by atoms with Crippen LogP contribution in [0.25, 0.3) is 0 Å². The van der Waals surface area contributed by atoms with Gasteiger partial charge in [0.15, 0.2) is 6.10 Å². The van der Waals surface area contributed by atoms with Gasteiger partial charge in [0.25, 0.3) is 0 Å². The SMILES string of the molecule is CCCSCCCN(CCOc1ccc(CC(OCC)C(=O)O)cc1)C(=O)Nc1ccccc1OC. The second kappa shape index (κ2) is 16.7. The lowest BCUT2D eigenvalue weighted by Gasteiger charge is -2.24. The second-order valence-corrected chi connectivity index (χ2v) is 9.29. The number of benzene rings is 2. The topological polar surface area (TPSA) is 97.3 Å². The van der Waals surface area contributed by atoms with Crippen LogP contribution in [0.5, 0.6) is 11.5 Å². The normalized spacial score (nSPS) is 11.5. The number of thioether (sulfide) groups is 1. The van der Waals surface area contributed by atoms with Gasteiger partial charge in [-0.05, 0) is 61.1 Å². The van der Waals surface area contributed by atoms with Crippen LogP contribution >= 0.6 is 11.8 Å². The third kappa shape index (κ3) is 10.4. The number of amides is 2. The summed E-state index contributed by atoms with van der Waals surface area (Å²) in [6.07, 6.45) is 1.45. The number of hydrogen-bond donors (Lipinski definition) is 2. The van der Waals surface area contributed by atoms with Gasteiger partial charge in [0.05, 0.1) is 19.3 Å². The number of para-hydroxylation sites is 2. The molecule has 36 heavy (non-hydrogen) atoms. The van der Waals surface area contributed by atoms with E-state index >= 15 is 0 Å². The molecule has 2 N–H and O–H groups in total. The predicted octanol–water partition coefficient (Wildman–Crippen LogP) is 5.17. The second-order valence-electron chi connectivity index (χ2n) is 8.06. The van der Waals surface area contributed by atoms with E-state index in [0.29, 0.717) is 43.5 Å². The van der Waals surface area contributed by atoms with Crippen LogP contribution in [0.2, 0.25) is 0 Å². The van der Waals surface area contributed by atoms with Gasteiger partial charge in [-0.1, -0.05) is 31.2 Å². The molecule has 198 valence electrons. The minimum Gasteiger partial charge on any atom is -0.495 e. The first-order valence-electron chi connectivity index (χ1n) is 12.3. The summed E-state index contributed by atoms with van der Waals surface area (Å²) in [5.74, 6) is 2.40. The van der Waals surface area contributed by atoms with Crippen molar-refractivity contribution in [2.24, 2.45) is 0 Å². The van der Waals surface area contributed by atoms with Crippen molar-refractivity contribution in [1.29, 1.82) is 0 Å². The minimum absolute atomic E-state index is 0.199. The van der Waals surface area contributed by atoms with E-state index in [9.17, 15) is 14.7 Å². The van der Waals surface area contributed by atoms with Crippen LogP contribution in [0, 0.1) is 0 Å². The lowest BCUT2D eigenvalue weighted by atomic mass is 10.1. The highest BCUT2D eigenvalue weighted by molar-refractivity contribution is 7.99. The summed E-state index contributed by atoms with van der Waals surface area (Å²) in [4.78, 5) is 26.1. The Balaban J connectivity index is 1.93. The average molecular weight is 519 g/mol. The summed E-state index contributed by atoms with van der Waals surface area (Å²) in [6, 6.07) is 14.4. The van der Waals surface area contributed by atoms with E-state index in [1.165, 1.54) is 0 Å². The molecule has 1 unspecified atom stereocenters. The summed E-state index contributed by atoms with van der Waals surface area (Å²) in [7, 11) is 1.57. The molecule has 8 nitrogen and oxygen atoms in total. The fourth-order valence-corrected chi connectivity index (χ4v) is 4.32. The first-order chi connectivity index (χ1) is 17.5. The molecule has 0 aliphatic heterocycles. The van der Waals surface area contributed by atoms with Crippen molar-refractivity contribution in [1.82, 2.24) is 4.90 Å². The Morgan fingerprint density at radius 1 is 1.06 bits per heavy atom. The Labute approximate surface area is 218 Å². The van der Waals surface area contributed by atoms with E-state index in [-0.39, 0.29) is 12.5 Å². The number of carbonyl (C=O) groups is 2. The highest BCUT2D eigenvalue weighted by atomic mass is 32.2. The zero-order valence-corrected chi connectivity index (χ0v) is 22.2. The number of carboxylic acid groups (broad SMARTS) is 1. The summed E-state index contributed by atoms with van der Waals surface area (Å²) < 4.78 is 16.5. The summed E-state index contributed by atoms with van der Waals surface area (Å²) in [6.45, 7) is 5.65. The number of carboxylic acids is 1. The number of urea groups is 1. The fourth-order valence-electron chi connectivity index (χ4n) is 3.49. The largest absolute Gasteiger partial charge is 0.495 e. The molecule has 0 aliphatic rings. The zero-order valence-electron chi connectivity index (χ0n) is 21.4. The molecule has 0 radical (unpaired) electrons. The molecule has 0 fully saturated rings. The Hall–Kier alpha value is -2.91. The van der Waals surface area contributed by atoms with E-state index in [1.807, 2.05) is 42.1 Å². The summed E-state index contributed by atoms with van der Waals surface area (Å²) in [5, 5.41) is 12.2. The number of nitrogens with zero attached hydrogens (tertiary/aromatic N) is 1. The van der Waals surface area contributed by atoms with Crippen LogP contribution in [-0.2, 0) is 16.0 Å². The lowest BCUT2D eigenvalue weighted by molar-refractivity contribution is -0.149. The fraction of sp³-hybridized carbons (Fsp3) is 0.481. The highest BCUT2D eigenvalue weighted by Gasteiger charge is 2.18. The molecule has 0 saturated carbocycles. The van der Waals surface area contributed by atoms with Crippen molar-refractivity contribution in [3.8, 4) is 11.5 Å². The van der Waals surface area contributed by atoms with E-state index in [0.717, 1.165) is 29.9 Å². The number of hydrogen-bond acceptors (Lipinski definition) is 6. The van der Waals surface area contributed by atoms with Crippen molar-refractivity contribution in [2.75, 3.05) is 50.2 Å². The van der Waals surface area contributed by atoms with Crippen LogP contribution in [0.1, 0.15) is 32.3 Å². The Kier molecular flexibility index (Phi) is 13.6. The van der Waals surface area contributed by atoms with Gasteiger partial charge >= 0.3 is 12.0 Å². The third-order valence-corrected chi connectivity index (χ3v) is 6.59. The Morgan fingerprint density at radius 3 is 2.47 bits per heavy atom. The van der Waals surface area contributed by atoms with Gasteiger partial charge in [-0.15, -0.1) is 0 Å². The van der Waals surface area contributed by atoms with Crippen LogP contribution in [0.4, 0.5) is 10.5 Å². The molecular weight excluding hydrogens is 480 g/mol. The highest BCUT2D eigenvalue weighted by Crippen LogP contribution is 2.23. The van der Waals surface area contributed by atoms with Gasteiger partial charge in [-0.25, -0.2) is 9.59 Å². The van der Waals surface area contributed by atoms with E-state index < -0.39 is 12.1 Å². The number of anilines is 1. The van der Waals surface area contributed by atoms with Crippen LogP contribution < -0.4 is 14.8 Å². The molecular formula is C27H38N2O6S. The van der Waals surface area contributed by atoms with Gasteiger partial charge in [-0.2, -0.15) is 11.8 Å². The number of methoxy groups -OCH3 is 1. The van der Waals surface area contributed by atoms with Gasteiger partial charge in [0.2, 0.25) is 0 Å². The lowest BCUT2D eigenvalue weighted by Crippen LogP contribution is -2.38. The molecule has 0 spiro atoms. The number of ether oxygens (including phenoxy) is 3. The molecule has 2 amide bonds. The quantitative estimate of drug-likeness (QED) is 0.279. The van der Waals surface area contributed by atoms with Crippen molar-refractivity contribution >= 4 is 29.4 Å². The standard InChI is InChI=1S/C27H38N2O6S/c1-4-18-36-19-8-15-29(27(32)28-23-9-6-7-10-24(23)33-3)16-17-35-22-13-11-21(12-14-22)20-25(26(30)31)34-5-2/h6-7,9-14,25H,4-5,8,15-20H2,1-3H3,(H,28,32)(H,30,31). The summed E-state index contributed by atoms with van der Waals surface area (Å²) in [5.41, 5.74) is 1.48. The number of rotatable bonds is 17. The van der Waals surface area contributed by atoms with Crippen LogP contribution in [-0.4, -0.2) is 73.0 Å². The van der Waals surface area contributed by atoms with Crippen molar-refractivity contribution in [3.63, 3.8) is 0 Å². The van der Waals surface area contributed by atoms with E-state index in [2.05, 4.69) is 12.2 Å². The molecule has 0 aliphatic carbocycles. The van der Waals surface area contributed by atoms with E-state index in [1.54, 1.807) is 37.1 Å². The Morgan fingerprint density at radius 2 is 1.81 bits per heavy atom. The van der Waals surface area contributed by atoms with Crippen LogP contribution in [0.15, 0.2) is 48.5 Å². The Bertz CT molecular complexity index is 925. The molecule has 1 atom stereocenters. The monoisotopic (exact) mass is 518 g/mol. The van der Waals surface area contributed by atoms with Crippen molar-refractivity contribution in [2.45, 2.75) is 39.2 Å². The summed E-state index contributed by atoms with van der Waals surface area (Å²) >= 11 is 1.89. The molecule has 2 rings (SSSR count). The van der Waals surface area contributed by atoms with Gasteiger partial charge < -0.3 is 29.5 Å². The maximum Gasteiger partial charge on any atom is 0.333 e. The molecule has 0 aromatic heterocycles. The molecule has 2 aromatic rings. The minimum atomic E-state index is -0.975. The molecule has 2 aromatic carbocycles. The molecule has 0 bridgehead atoms. The number of nitrogens with one attached hydrogen (secondary N) is 1. The third-order valence-electron chi connectivity index (χ3n) is 5.32. The predicted molar refractivity (Wildman–Crippen MR) is 145 cm³/mol. The maximum absolute atomic E-state index is 13.0. The zero-order chi connectivity index (χ0) is 26.2. The molecule has 9 heteroatoms. The maximum atomic E-state index is 13.0. The molecule has 0 saturated heterocycles. The first kappa shape index (κ1) is 29.3. The van der Waals surface area contributed by atoms with Crippen molar-refractivity contribution < 1.29 is 28.9 Å². The van der Waals surface area contributed by atoms with E-state index in [4.69, 9.17) is 14.2 Å². The number of aliphatic carboxylic acids is 1. The number of carbonyl (C=O) groups excluding carboxylic acids is 1. The molecule has 0 heterocycles. The van der Waals surface area contributed by atoms with Crippen LogP contribution in [0.3, 0.4) is 0 Å². The van der Waals surface area contributed by atoms with Gasteiger partial charge in [0.1, 0.15) is 18.1 Å². The first-order valence-corrected chi connectivity index (χ1v) is 13.5. The van der Waals surface area contributed by atoms with Gasteiger partial charge in [-0.3, -0.25) is 0 Å².